The van der Waals surface area contributed by atoms with E-state index in [1.54, 1.807) is 37.3 Å². The number of carbonyl (C=O) groups is 1. The Kier molecular flexibility index (Phi) is 6.35. The Morgan fingerprint density at radius 3 is 2.54 bits per heavy atom. The van der Waals surface area contributed by atoms with Crippen molar-refractivity contribution >= 4 is 15.9 Å². The smallest absolute Gasteiger partial charge is 0.243 e. The molecule has 152 valence electrons. The number of aromatic nitrogens is 1. The Bertz CT molecular complexity index is 900. The number of amides is 1. The van der Waals surface area contributed by atoms with Crippen LogP contribution < -0.4 is 10.1 Å². The van der Waals surface area contributed by atoms with Gasteiger partial charge < -0.3 is 14.6 Å². The molecule has 0 unspecified atom stereocenters. The first-order valence-corrected chi connectivity index (χ1v) is 10.8. The second-order valence-corrected chi connectivity index (χ2v) is 8.67. The molecule has 0 aliphatic carbocycles. The molecule has 28 heavy (non-hydrogen) atoms. The normalized spacial score (nSPS) is 16.1. The first-order chi connectivity index (χ1) is 13.4. The lowest BCUT2D eigenvalue weighted by Crippen LogP contribution is -2.42. The van der Waals surface area contributed by atoms with Crippen LogP contribution in [0.1, 0.15) is 31.2 Å². The molecule has 1 aromatic heterocycles. The van der Waals surface area contributed by atoms with Gasteiger partial charge in [0.1, 0.15) is 17.2 Å². The zero-order chi connectivity index (χ0) is 20.1. The summed E-state index contributed by atoms with van der Waals surface area (Å²) in [6.07, 6.45) is 0.972. The molecule has 1 aliphatic heterocycles. The van der Waals surface area contributed by atoms with Crippen LogP contribution in [0.15, 0.2) is 39.8 Å². The van der Waals surface area contributed by atoms with E-state index >= 15 is 0 Å². The number of sulfonamides is 1. The second kappa shape index (κ2) is 8.74. The van der Waals surface area contributed by atoms with Gasteiger partial charge in [0.25, 0.3) is 0 Å². The summed E-state index contributed by atoms with van der Waals surface area (Å²) >= 11 is 0. The second-order valence-electron chi connectivity index (χ2n) is 6.73. The van der Waals surface area contributed by atoms with Crippen LogP contribution in [-0.4, -0.2) is 43.5 Å². The number of hydrogen-bond acceptors (Lipinski definition) is 6. The summed E-state index contributed by atoms with van der Waals surface area (Å²) in [4.78, 5) is 12.6. The summed E-state index contributed by atoms with van der Waals surface area (Å²) in [6.45, 7) is 5.13. The third kappa shape index (κ3) is 4.71. The number of piperidine rings is 1. The van der Waals surface area contributed by atoms with Gasteiger partial charge in [0.15, 0.2) is 0 Å². The zero-order valence-electron chi connectivity index (χ0n) is 16.1. The standard InChI is InChI=1S/C19H25N3O5S/c1-3-26-17-4-6-18(7-5-17)28(24,25)22-10-8-15(9-11-22)19(23)20-13-16-12-14(2)27-21-16/h4-7,12,15H,3,8-11,13H2,1-2H3,(H,20,23). The molecule has 2 aromatic rings. The zero-order valence-corrected chi connectivity index (χ0v) is 16.9. The number of benzene rings is 1. The molecule has 9 heteroatoms. The van der Waals surface area contributed by atoms with E-state index in [2.05, 4.69) is 10.5 Å². The summed E-state index contributed by atoms with van der Waals surface area (Å²) < 4.78 is 37.4. The minimum Gasteiger partial charge on any atom is -0.494 e. The van der Waals surface area contributed by atoms with Crippen LogP contribution in [0.4, 0.5) is 0 Å². The van der Waals surface area contributed by atoms with Gasteiger partial charge in [-0.1, -0.05) is 5.16 Å². The average molecular weight is 407 g/mol. The maximum Gasteiger partial charge on any atom is 0.243 e. The van der Waals surface area contributed by atoms with Gasteiger partial charge in [0, 0.05) is 25.1 Å². The Morgan fingerprint density at radius 1 is 1.29 bits per heavy atom. The lowest BCUT2D eigenvalue weighted by atomic mass is 9.97. The van der Waals surface area contributed by atoms with Gasteiger partial charge in [-0.25, -0.2) is 8.42 Å². The van der Waals surface area contributed by atoms with Crippen LogP contribution >= 0.6 is 0 Å². The van der Waals surface area contributed by atoms with Crippen molar-refractivity contribution in [3.05, 3.63) is 41.8 Å². The molecule has 1 N–H and O–H groups in total. The van der Waals surface area contributed by atoms with Crippen molar-refractivity contribution in [3.8, 4) is 5.75 Å². The molecule has 0 saturated carbocycles. The van der Waals surface area contributed by atoms with Crippen molar-refractivity contribution in [1.29, 1.82) is 0 Å². The van der Waals surface area contributed by atoms with E-state index in [4.69, 9.17) is 9.26 Å². The summed E-state index contributed by atoms with van der Waals surface area (Å²) in [7, 11) is -3.57. The van der Waals surface area contributed by atoms with Crippen LogP contribution in [0.2, 0.25) is 0 Å². The predicted octanol–water partition coefficient (Wildman–Crippen LogP) is 2.10. The maximum absolute atomic E-state index is 12.8. The molecule has 0 spiro atoms. The molecule has 3 rings (SSSR count). The van der Waals surface area contributed by atoms with Crippen molar-refractivity contribution < 1.29 is 22.5 Å². The largest absolute Gasteiger partial charge is 0.494 e. The quantitative estimate of drug-likeness (QED) is 0.754. The molecular formula is C19H25N3O5S. The van der Waals surface area contributed by atoms with Crippen LogP contribution in [-0.2, 0) is 21.4 Å². The van der Waals surface area contributed by atoms with E-state index in [0.29, 0.717) is 56.3 Å². The predicted molar refractivity (Wildman–Crippen MR) is 102 cm³/mol. The van der Waals surface area contributed by atoms with E-state index in [-0.39, 0.29) is 16.7 Å². The SMILES string of the molecule is CCOc1ccc(S(=O)(=O)N2CCC(C(=O)NCc3cc(C)on3)CC2)cc1. The van der Waals surface area contributed by atoms with Gasteiger partial charge in [-0.2, -0.15) is 4.31 Å². The van der Waals surface area contributed by atoms with Gasteiger partial charge in [-0.15, -0.1) is 0 Å². The Balaban J connectivity index is 1.54. The first kappa shape index (κ1) is 20.3. The van der Waals surface area contributed by atoms with Crippen LogP contribution in [0.3, 0.4) is 0 Å². The molecule has 0 atom stereocenters. The number of rotatable bonds is 7. The Morgan fingerprint density at radius 2 is 1.96 bits per heavy atom. The minimum atomic E-state index is -3.57. The highest BCUT2D eigenvalue weighted by Gasteiger charge is 2.32. The number of nitrogens with zero attached hydrogens (tertiary/aromatic N) is 2. The van der Waals surface area contributed by atoms with Crippen molar-refractivity contribution in [2.24, 2.45) is 5.92 Å². The Hall–Kier alpha value is -2.39. The van der Waals surface area contributed by atoms with E-state index in [1.165, 1.54) is 4.31 Å². The molecule has 1 aromatic carbocycles. The molecule has 1 aliphatic rings. The molecule has 2 heterocycles. The van der Waals surface area contributed by atoms with E-state index in [9.17, 15) is 13.2 Å². The monoisotopic (exact) mass is 407 g/mol. The lowest BCUT2D eigenvalue weighted by molar-refractivity contribution is -0.126. The third-order valence-electron chi connectivity index (χ3n) is 4.72. The molecule has 1 saturated heterocycles. The van der Waals surface area contributed by atoms with Crippen LogP contribution in [0, 0.1) is 12.8 Å². The number of hydrogen-bond donors (Lipinski definition) is 1. The summed E-state index contributed by atoms with van der Waals surface area (Å²) in [5.74, 6) is 1.04. The highest BCUT2D eigenvalue weighted by Crippen LogP contribution is 2.25. The van der Waals surface area contributed by atoms with Crippen molar-refractivity contribution in [1.82, 2.24) is 14.8 Å². The topological polar surface area (TPSA) is 102 Å². The maximum atomic E-state index is 12.8. The fourth-order valence-corrected chi connectivity index (χ4v) is 4.67. The molecule has 8 nitrogen and oxygen atoms in total. The van der Waals surface area contributed by atoms with Gasteiger partial charge in [0.05, 0.1) is 18.0 Å². The van der Waals surface area contributed by atoms with Crippen molar-refractivity contribution in [2.45, 2.75) is 38.1 Å². The number of nitrogens with one attached hydrogen (secondary N) is 1. The summed E-state index contributed by atoms with van der Waals surface area (Å²) in [6, 6.07) is 8.19. The summed E-state index contributed by atoms with van der Waals surface area (Å²) in [5.41, 5.74) is 0.668. The average Bonchev–Trinajstić information content (AvgIpc) is 3.12. The van der Waals surface area contributed by atoms with Crippen LogP contribution in [0.5, 0.6) is 5.75 Å². The van der Waals surface area contributed by atoms with E-state index in [0.717, 1.165) is 0 Å². The number of aryl methyl sites for hydroxylation is 1. The minimum absolute atomic E-state index is 0.0845. The number of carbonyl (C=O) groups excluding carboxylic acids is 1. The third-order valence-corrected chi connectivity index (χ3v) is 6.63. The van der Waals surface area contributed by atoms with E-state index < -0.39 is 10.0 Å². The molecule has 0 bridgehead atoms. The highest BCUT2D eigenvalue weighted by molar-refractivity contribution is 7.89. The number of ether oxygens (including phenoxy) is 1. The Labute approximate surface area is 164 Å². The molecule has 1 fully saturated rings. The summed E-state index contributed by atoms with van der Waals surface area (Å²) in [5, 5.41) is 6.68. The lowest BCUT2D eigenvalue weighted by Gasteiger charge is -2.30. The van der Waals surface area contributed by atoms with Gasteiger partial charge in [0.2, 0.25) is 15.9 Å². The molecule has 1 amide bonds. The highest BCUT2D eigenvalue weighted by atomic mass is 32.2. The first-order valence-electron chi connectivity index (χ1n) is 9.33. The van der Waals surface area contributed by atoms with Crippen molar-refractivity contribution in [3.63, 3.8) is 0 Å². The fourth-order valence-electron chi connectivity index (χ4n) is 3.21. The van der Waals surface area contributed by atoms with Gasteiger partial charge in [-0.05, 0) is 51.0 Å². The molecule has 0 radical (unpaired) electrons. The van der Waals surface area contributed by atoms with E-state index in [1.807, 2.05) is 6.92 Å². The van der Waals surface area contributed by atoms with Crippen LogP contribution in [0.25, 0.3) is 0 Å². The van der Waals surface area contributed by atoms with Gasteiger partial charge in [-0.3, -0.25) is 4.79 Å². The van der Waals surface area contributed by atoms with Crippen molar-refractivity contribution in [2.75, 3.05) is 19.7 Å². The molecular weight excluding hydrogens is 382 g/mol. The van der Waals surface area contributed by atoms with Gasteiger partial charge >= 0.3 is 0 Å². The fraction of sp³-hybridized carbons (Fsp3) is 0.474.